The summed E-state index contributed by atoms with van der Waals surface area (Å²) in [7, 11) is 0. The smallest absolute Gasteiger partial charge is 0.425 e. The Bertz CT molecular complexity index is 631. The number of nitrogens with zero attached hydrogens (tertiary/aromatic N) is 1. The molecule has 0 aliphatic carbocycles. The number of rotatable bonds is 1. The number of ether oxygens (including phenoxy) is 2. The van der Waals surface area contributed by atoms with E-state index in [2.05, 4.69) is 4.98 Å². The van der Waals surface area contributed by atoms with Gasteiger partial charge >= 0.3 is 12.2 Å². The number of carbonyl (C=O) groups is 2. The van der Waals surface area contributed by atoms with E-state index in [1.54, 1.807) is 47.6 Å². The third kappa shape index (κ3) is 5.84. The molecular weight excluding hydrogens is 340 g/mol. The maximum absolute atomic E-state index is 12.4. The molecule has 1 aromatic rings. The lowest BCUT2D eigenvalue weighted by Crippen LogP contribution is -2.44. The molecule has 0 saturated carbocycles. The van der Waals surface area contributed by atoms with Crippen LogP contribution in [0.5, 0.6) is 0 Å². The van der Waals surface area contributed by atoms with E-state index in [4.69, 9.17) is 33.3 Å². The second-order valence-corrected chi connectivity index (χ2v) is 7.62. The van der Waals surface area contributed by atoms with Crippen LogP contribution in [0, 0.1) is 4.51 Å². The third-order valence-electron chi connectivity index (χ3n) is 2.25. The average Bonchev–Trinajstić information content (AvgIpc) is 2.30. The molecule has 0 spiro atoms. The Morgan fingerprint density at radius 2 is 1.52 bits per heavy atom. The van der Waals surface area contributed by atoms with Crippen LogP contribution in [0.25, 0.3) is 0 Å². The minimum atomic E-state index is -0.912. The van der Waals surface area contributed by atoms with Crippen molar-refractivity contribution >= 4 is 41.8 Å². The van der Waals surface area contributed by atoms with Gasteiger partial charge in [-0.25, -0.2) is 9.59 Å². The summed E-state index contributed by atoms with van der Waals surface area (Å²) in [5, 5.41) is 0.0548. The summed E-state index contributed by atoms with van der Waals surface area (Å²) in [6.07, 6.45) is -0.346. The number of aromatic nitrogens is 1. The Hall–Kier alpha value is -1.60. The number of carbonyl (C=O) groups excluding carboxylic acids is 2. The molecule has 23 heavy (non-hydrogen) atoms. The van der Waals surface area contributed by atoms with E-state index in [9.17, 15) is 9.59 Å². The van der Waals surface area contributed by atoms with Crippen LogP contribution in [0.2, 0.25) is 5.02 Å². The van der Waals surface area contributed by atoms with E-state index in [0.29, 0.717) is 4.90 Å². The van der Waals surface area contributed by atoms with Gasteiger partial charge in [0.15, 0.2) is 0 Å². The van der Waals surface area contributed by atoms with Crippen molar-refractivity contribution in [3.63, 3.8) is 0 Å². The first kappa shape index (κ1) is 19.4. The summed E-state index contributed by atoms with van der Waals surface area (Å²) < 4.78 is 10.8. The monoisotopic (exact) mass is 360 g/mol. The Labute approximate surface area is 145 Å². The Morgan fingerprint density at radius 1 is 1.09 bits per heavy atom. The summed E-state index contributed by atoms with van der Waals surface area (Å²) in [6.45, 7) is 10.1. The molecule has 0 aromatic carbocycles. The number of nitrogens with one attached hydrogen (secondary N) is 1. The molecule has 0 atom stereocenters. The number of aromatic amines is 1. The number of anilines is 1. The van der Waals surface area contributed by atoms with Gasteiger partial charge in [0.2, 0.25) is 0 Å². The first-order valence-corrected chi connectivity index (χ1v) is 7.74. The highest BCUT2D eigenvalue weighted by Gasteiger charge is 2.34. The summed E-state index contributed by atoms with van der Waals surface area (Å²) >= 11 is 11.2. The van der Waals surface area contributed by atoms with Crippen molar-refractivity contribution in [1.82, 2.24) is 4.98 Å². The molecule has 0 aliphatic heterocycles. The van der Waals surface area contributed by atoms with Gasteiger partial charge in [-0.2, -0.15) is 4.90 Å². The Kier molecular flexibility index (Phi) is 5.82. The van der Waals surface area contributed by atoms with Gasteiger partial charge in [0, 0.05) is 6.20 Å². The van der Waals surface area contributed by atoms with Crippen LogP contribution in [0.3, 0.4) is 0 Å². The molecule has 2 amide bonds. The standard InChI is InChI=1S/C15H21ClN2O4S/c1-14(2,3)21-12(19)18(13(20)22-15(4,5)6)11-10(16)9(23)7-8-17-11/h7-8H,1-6H3,(H,17,23). The van der Waals surface area contributed by atoms with Crippen molar-refractivity contribution in [3.05, 3.63) is 21.8 Å². The predicted molar refractivity (Wildman–Crippen MR) is 91.6 cm³/mol. The molecule has 8 heteroatoms. The van der Waals surface area contributed by atoms with E-state index < -0.39 is 23.4 Å². The molecule has 0 fully saturated rings. The van der Waals surface area contributed by atoms with Crippen LogP contribution >= 0.6 is 23.8 Å². The highest BCUT2D eigenvalue weighted by Crippen LogP contribution is 2.27. The first-order chi connectivity index (χ1) is 10.3. The SMILES string of the molecule is CC(C)(C)OC(=O)N(C(=O)OC(C)(C)C)c1[nH]ccc(=S)c1Cl. The fourth-order valence-corrected chi connectivity index (χ4v) is 1.85. The molecule has 6 nitrogen and oxygen atoms in total. The normalized spacial score (nSPS) is 11.8. The maximum atomic E-state index is 12.4. The summed E-state index contributed by atoms with van der Waals surface area (Å²) in [4.78, 5) is 28.3. The van der Waals surface area contributed by atoms with Crippen LogP contribution in [0.4, 0.5) is 15.4 Å². The molecule has 0 radical (unpaired) electrons. The zero-order chi connectivity index (χ0) is 18.0. The maximum Gasteiger partial charge on any atom is 0.425 e. The van der Waals surface area contributed by atoms with Gasteiger partial charge in [0.1, 0.15) is 22.0 Å². The van der Waals surface area contributed by atoms with Gasteiger partial charge in [-0.1, -0.05) is 23.8 Å². The van der Waals surface area contributed by atoms with E-state index in [1.807, 2.05) is 0 Å². The Morgan fingerprint density at radius 3 is 1.91 bits per heavy atom. The second-order valence-electron chi connectivity index (χ2n) is 6.80. The van der Waals surface area contributed by atoms with E-state index in [0.717, 1.165) is 0 Å². The predicted octanol–water partition coefficient (Wildman–Crippen LogP) is 5.07. The fraction of sp³-hybridized carbons (Fsp3) is 0.533. The number of amides is 2. The molecular formula is C15H21ClN2O4S. The zero-order valence-corrected chi connectivity index (χ0v) is 15.6. The van der Waals surface area contributed by atoms with Crippen molar-refractivity contribution in [2.24, 2.45) is 0 Å². The van der Waals surface area contributed by atoms with Gasteiger partial charge in [-0.05, 0) is 47.6 Å². The van der Waals surface area contributed by atoms with Crippen molar-refractivity contribution in [1.29, 1.82) is 0 Å². The van der Waals surface area contributed by atoms with Crippen molar-refractivity contribution in [2.45, 2.75) is 52.7 Å². The largest absolute Gasteiger partial charge is 0.443 e. The number of H-pyrrole nitrogens is 1. The van der Waals surface area contributed by atoms with Gasteiger partial charge in [0.25, 0.3) is 0 Å². The van der Waals surface area contributed by atoms with Crippen molar-refractivity contribution < 1.29 is 19.1 Å². The summed E-state index contributed by atoms with van der Waals surface area (Å²) in [5.74, 6) is 0.00247. The molecule has 0 bridgehead atoms. The van der Waals surface area contributed by atoms with Gasteiger partial charge in [-0.3, -0.25) is 0 Å². The van der Waals surface area contributed by atoms with Crippen LogP contribution in [0.15, 0.2) is 12.3 Å². The van der Waals surface area contributed by atoms with Gasteiger partial charge in [-0.15, -0.1) is 0 Å². The van der Waals surface area contributed by atoms with Crippen LogP contribution < -0.4 is 4.90 Å². The minimum absolute atomic E-state index is 0.00247. The molecule has 0 unspecified atom stereocenters. The second kappa shape index (κ2) is 6.88. The topological polar surface area (TPSA) is 71.6 Å². The van der Waals surface area contributed by atoms with Crippen molar-refractivity contribution in [2.75, 3.05) is 4.90 Å². The molecule has 1 N–H and O–H groups in total. The number of hydrogen-bond acceptors (Lipinski definition) is 5. The van der Waals surface area contributed by atoms with Crippen LogP contribution in [-0.4, -0.2) is 28.4 Å². The van der Waals surface area contributed by atoms with Gasteiger partial charge in [0.05, 0.1) is 4.51 Å². The van der Waals surface area contributed by atoms with Crippen LogP contribution in [-0.2, 0) is 9.47 Å². The lowest BCUT2D eigenvalue weighted by molar-refractivity contribution is 0.0429. The average molecular weight is 361 g/mol. The Balaban J connectivity index is 3.31. The van der Waals surface area contributed by atoms with Crippen molar-refractivity contribution in [3.8, 4) is 0 Å². The van der Waals surface area contributed by atoms with Crippen LogP contribution in [0.1, 0.15) is 41.5 Å². The quantitative estimate of drug-likeness (QED) is 0.707. The first-order valence-electron chi connectivity index (χ1n) is 6.95. The van der Waals surface area contributed by atoms with E-state index >= 15 is 0 Å². The lowest BCUT2D eigenvalue weighted by atomic mass is 10.2. The van der Waals surface area contributed by atoms with E-state index in [-0.39, 0.29) is 15.4 Å². The molecule has 1 heterocycles. The fourth-order valence-electron chi connectivity index (χ4n) is 1.48. The number of pyridine rings is 1. The molecule has 0 saturated heterocycles. The highest BCUT2D eigenvalue weighted by molar-refractivity contribution is 7.71. The zero-order valence-electron chi connectivity index (χ0n) is 14.0. The number of halogens is 1. The molecule has 0 aliphatic rings. The summed E-state index contributed by atoms with van der Waals surface area (Å²) in [6, 6.07) is 1.55. The lowest BCUT2D eigenvalue weighted by Gasteiger charge is -2.28. The molecule has 128 valence electrons. The minimum Gasteiger partial charge on any atom is -0.443 e. The number of imide groups is 1. The summed E-state index contributed by atoms with van der Waals surface area (Å²) in [5.41, 5.74) is -1.59. The third-order valence-corrected chi connectivity index (χ3v) is 3.09. The van der Waals surface area contributed by atoms with Gasteiger partial charge < -0.3 is 14.5 Å². The molecule has 1 aromatic heterocycles. The van der Waals surface area contributed by atoms with E-state index in [1.165, 1.54) is 6.20 Å². The molecule has 1 rings (SSSR count). The highest BCUT2D eigenvalue weighted by atomic mass is 35.5. The number of hydrogen-bond donors (Lipinski definition) is 1.